The summed E-state index contributed by atoms with van der Waals surface area (Å²) in [4.78, 5) is 0. The highest BCUT2D eigenvalue weighted by atomic mass is 31.1. The van der Waals surface area contributed by atoms with Crippen molar-refractivity contribution in [3.8, 4) is 0 Å². The van der Waals surface area contributed by atoms with E-state index in [1.807, 2.05) is 182 Å². The van der Waals surface area contributed by atoms with Gasteiger partial charge < -0.3 is 28.0 Å². The molecule has 0 N–H and O–H groups in total. The van der Waals surface area contributed by atoms with Crippen LogP contribution in [0, 0.1) is 0 Å². The zero-order valence-corrected chi connectivity index (χ0v) is 50.9. The van der Waals surface area contributed by atoms with Gasteiger partial charge in [-0.1, -0.05) is 231 Å². The summed E-state index contributed by atoms with van der Waals surface area (Å²) >= 11 is 0. The van der Waals surface area contributed by atoms with Gasteiger partial charge in [0.15, 0.2) is 0 Å². The first-order chi connectivity index (χ1) is 44.5. The fourth-order valence-corrected chi connectivity index (χ4v) is 15.2. The van der Waals surface area contributed by atoms with E-state index in [9.17, 15) is 52.7 Å². The Labute approximate surface area is 531 Å². The first kappa shape index (κ1) is 66.4. The smallest absolute Gasteiger partial charge is 0.358 e. The molecule has 0 bridgehead atoms. The van der Waals surface area contributed by atoms with Crippen molar-refractivity contribution in [2.45, 2.75) is 60.0 Å². The molecule has 10 aromatic carbocycles. The van der Waals surface area contributed by atoms with Gasteiger partial charge in [-0.25, -0.2) is 0 Å². The van der Waals surface area contributed by atoms with E-state index in [1.54, 1.807) is 0 Å². The predicted octanol–water partition coefficient (Wildman–Crippen LogP) is 17.7. The van der Waals surface area contributed by atoms with Crippen LogP contribution in [0.1, 0.15) is 55.6 Å². The zero-order valence-electron chi connectivity index (χ0n) is 49.1. The van der Waals surface area contributed by atoms with Crippen LogP contribution in [0.15, 0.2) is 279 Å². The average molecular weight is 1320 g/mol. The molecule has 10 aromatic rings. The minimum Gasteiger partial charge on any atom is -0.358 e. The lowest BCUT2D eigenvalue weighted by Crippen LogP contribution is -2.52. The van der Waals surface area contributed by atoms with Crippen LogP contribution in [0.3, 0.4) is 0 Å². The third-order valence-corrected chi connectivity index (χ3v) is 20.0. The maximum absolute atomic E-state index is 14.4. The third kappa shape index (κ3) is 14.3. The Kier molecular flexibility index (Phi) is 19.7. The van der Waals surface area contributed by atoms with Crippen LogP contribution in [0.4, 0.5) is 52.7 Å². The van der Waals surface area contributed by atoms with Crippen LogP contribution >= 0.6 is 16.3 Å². The van der Waals surface area contributed by atoms with E-state index in [1.165, 1.54) is 7.11 Å². The minimum absolute atomic E-state index is 0.0401. The van der Waals surface area contributed by atoms with Gasteiger partial charge in [0.05, 0.1) is 45.2 Å². The van der Waals surface area contributed by atoms with E-state index in [4.69, 9.17) is 28.0 Å². The summed E-state index contributed by atoms with van der Waals surface area (Å²) in [7, 11) is -4.02. The average Bonchev–Trinajstić information content (AvgIpc) is 1.74. The normalized spacial score (nSPS) is 17.5. The van der Waals surface area contributed by atoms with Crippen LogP contribution in [0.5, 0.6) is 0 Å². The molecule has 1 aliphatic heterocycles. The minimum atomic E-state index is -4.84. The van der Waals surface area contributed by atoms with Gasteiger partial charge in [-0.2, -0.15) is 52.7 Å². The summed E-state index contributed by atoms with van der Waals surface area (Å²) in [6, 6.07) is 70.3. The van der Waals surface area contributed by atoms with Crippen LogP contribution in [0.2, 0.25) is 0 Å². The number of alkyl halides is 12. The van der Waals surface area contributed by atoms with E-state index >= 15 is 0 Å². The highest BCUT2D eigenvalue weighted by Gasteiger charge is 2.61. The van der Waals surface area contributed by atoms with Gasteiger partial charge in [-0.05, 0) is 81.9 Å². The second-order valence-corrected chi connectivity index (χ2v) is 25.4. The van der Waals surface area contributed by atoms with E-state index in [2.05, 4.69) is 0 Å². The first-order valence-corrected chi connectivity index (χ1v) is 31.5. The number of methoxy groups -OCH3 is 1. The Bertz CT molecular complexity index is 3700. The summed E-state index contributed by atoms with van der Waals surface area (Å²) in [6.45, 7) is -1.18. The molecule has 0 aliphatic carbocycles. The number of hydrogen-bond acceptors (Lipinski definition) is 6. The Hall–Kier alpha value is -8.02. The van der Waals surface area contributed by atoms with Gasteiger partial charge in [0.1, 0.15) is 36.1 Å². The summed E-state index contributed by atoms with van der Waals surface area (Å²) in [5, 5.41) is 0.189. The van der Waals surface area contributed by atoms with Crippen LogP contribution in [-0.4, -0.2) is 44.4 Å². The van der Waals surface area contributed by atoms with E-state index in [0.717, 1.165) is 97.1 Å². The van der Waals surface area contributed by atoms with Gasteiger partial charge in [0.25, 0.3) is 0 Å². The van der Waals surface area contributed by atoms with Crippen molar-refractivity contribution in [3.05, 3.63) is 335 Å². The monoisotopic (exact) mass is 1320 g/mol. The molecule has 1 heterocycles. The van der Waals surface area contributed by atoms with Crippen molar-refractivity contribution < 1.29 is 80.7 Å². The van der Waals surface area contributed by atoms with Crippen molar-refractivity contribution in [2.75, 3.05) is 20.3 Å². The molecule has 93 heavy (non-hydrogen) atoms. The Morgan fingerprint density at radius 2 is 0.570 bits per heavy atom. The van der Waals surface area contributed by atoms with Gasteiger partial charge in [-0.3, -0.25) is 0 Å². The molecule has 0 amide bonds. The lowest BCUT2D eigenvalue weighted by atomic mass is 9.80. The van der Waals surface area contributed by atoms with Crippen LogP contribution in [0.25, 0.3) is 0 Å². The quantitative estimate of drug-likeness (QED) is 0.0406. The Morgan fingerprint density at radius 3 is 0.817 bits per heavy atom. The summed E-state index contributed by atoms with van der Waals surface area (Å²) in [5.41, 5.74) is -3.68. The molecule has 0 spiro atoms. The molecule has 478 valence electrons. The van der Waals surface area contributed by atoms with Crippen molar-refractivity contribution in [2.24, 2.45) is 0 Å². The number of rotatable bonds is 21. The fourth-order valence-electron chi connectivity index (χ4n) is 11.4. The number of hydrogen-bond donors (Lipinski definition) is 0. The maximum atomic E-state index is 14.4. The second-order valence-electron chi connectivity index (χ2n) is 21.7. The van der Waals surface area contributed by atoms with E-state index < -0.39 is 112 Å². The molecule has 0 unspecified atom stereocenters. The molecular weight excluding hydrogens is 1260 g/mol. The number of ether oxygens (including phenoxy) is 4. The summed E-state index contributed by atoms with van der Waals surface area (Å²) < 4.78 is 217. The van der Waals surface area contributed by atoms with Crippen molar-refractivity contribution >= 4 is 37.5 Å². The molecule has 0 aromatic heterocycles. The molecule has 1 fully saturated rings. The first-order valence-electron chi connectivity index (χ1n) is 29.0. The van der Waals surface area contributed by atoms with Crippen LogP contribution in [-0.2, 0) is 63.9 Å². The predicted molar refractivity (Wildman–Crippen MR) is 333 cm³/mol. The topological polar surface area (TPSA) is 55.4 Å². The standard InChI is InChI=1S/C73H56F12O6P2/c1-86-67(49-88-69(53-26-14-5-15-27-53,54-28-16-6-17-29-54)55-30-18-7-19-31-55)66(91-93(62-44-36-58(37-45-62)72(80,81)82)63-46-38-59(39-47-63)73(83,84)85)65(90-92(60-40-32-56(33-41-60)70(74,75)76)61-42-34-57(35-43-61)71(77,78)79)64(89-67)48-87-68(50-20-8-2-9-21-50,51-22-10-3-11-23-51)52-24-12-4-13-25-52/h2-47,64-66H,48-49H2,1H3/t64-,65-,66+,67+/m1/s1. The van der Waals surface area contributed by atoms with Gasteiger partial charge in [0.2, 0.25) is 5.79 Å². The number of halogens is 12. The SMILES string of the molecule is CO[C@@]1(COC(c2ccccc2)(c2ccccc2)c2ccccc2)O[C@H](COC(c2ccccc2)(c2ccccc2)c2ccccc2)[C@@H](OP(c2ccc(C(F)(F)F)cc2)c2ccc(C(F)(F)F)cc2)[C@@H]1OP(c1ccc(C(F)(F)F)cc1)c1ccc(C(F)(F)F)cc1. The molecule has 1 saturated heterocycles. The molecule has 20 heteroatoms. The zero-order chi connectivity index (χ0) is 65.7. The molecular formula is C73H56F12O6P2. The summed E-state index contributed by atoms with van der Waals surface area (Å²) in [5.74, 6) is -2.34. The van der Waals surface area contributed by atoms with Gasteiger partial charge in [0, 0.05) is 28.3 Å². The van der Waals surface area contributed by atoms with Crippen molar-refractivity contribution in [1.29, 1.82) is 0 Å². The highest BCUT2D eigenvalue weighted by molar-refractivity contribution is 7.69. The van der Waals surface area contributed by atoms with Gasteiger partial charge in [-0.15, -0.1) is 0 Å². The second kappa shape index (κ2) is 27.5. The third-order valence-electron chi connectivity index (χ3n) is 16.0. The van der Waals surface area contributed by atoms with E-state index in [0.29, 0.717) is 33.4 Å². The highest BCUT2D eigenvalue weighted by Crippen LogP contribution is 2.53. The maximum Gasteiger partial charge on any atom is 0.416 e. The fraction of sp³-hybridized carbons (Fsp3) is 0.178. The van der Waals surface area contributed by atoms with E-state index in [-0.39, 0.29) is 21.2 Å². The van der Waals surface area contributed by atoms with Gasteiger partial charge >= 0.3 is 24.7 Å². The molecule has 6 nitrogen and oxygen atoms in total. The van der Waals surface area contributed by atoms with Crippen molar-refractivity contribution in [3.63, 3.8) is 0 Å². The Balaban J connectivity index is 1.17. The molecule has 0 saturated carbocycles. The molecule has 0 radical (unpaired) electrons. The van der Waals surface area contributed by atoms with Crippen LogP contribution < -0.4 is 21.2 Å². The lowest BCUT2D eigenvalue weighted by Gasteiger charge is -2.41. The number of benzene rings is 10. The molecule has 11 rings (SSSR count). The summed E-state index contributed by atoms with van der Waals surface area (Å²) in [6.07, 6.45) is -24.3. The molecule has 4 atom stereocenters. The Morgan fingerprint density at radius 1 is 0.323 bits per heavy atom. The largest absolute Gasteiger partial charge is 0.416 e. The van der Waals surface area contributed by atoms with Crippen molar-refractivity contribution in [1.82, 2.24) is 0 Å². The lowest BCUT2D eigenvalue weighted by molar-refractivity contribution is -0.276. The molecule has 1 aliphatic rings.